The number of ketones is 2. The number of allylic oxidation sites excluding steroid dienone is 2. The van der Waals surface area contributed by atoms with Crippen molar-refractivity contribution in [3.63, 3.8) is 0 Å². The molecule has 1 aromatic heterocycles. The van der Waals surface area contributed by atoms with Crippen molar-refractivity contribution >= 4 is 23.2 Å². The lowest BCUT2D eigenvalue weighted by molar-refractivity contribution is 0.0596. The maximum Gasteiger partial charge on any atom is 0.340 e. The SMILES string of the molecule is COC(=O)c1c(C)nc(C)c2c1C(=O)C=C(Nc1ccc(F)cc1)C2=O. The lowest BCUT2D eigenvalue weighted by Crippen LogP contribution is -2.27. The fourth-order valence-corrected chi connectivity index (χ4v) is 2.91. The van der Waals surface area contributed by atoms with Crippen LogP contribution in [0.25, 0.3) is 0 Å². The number of nitrogens with zero attached hydrogens (tertiary/aromatic N) is 1. The Kier molecular flexibility index (Phi) is 4.38. The number of esters is 1. The van der Waals surface area contributed by atoms with Gasteiger partial charge in [0, 0.05) is 17.5 Å². The molecule has 2 aromatic rings. The van der Waals surface area contributed by atoms with Gasteiger partial charge in [0.15, 0.2) is 5.78 Å². The second-order valence-corrected chi connectivity index (χ2v) is 5.78. The Morgan fingerprint density at radius 2 is 1.73 bits per heavy atom. The normalized spacial score (nSPS) is 13.2. The van der Waals surface area contributed by atoms with Crippen LogP contribution in [0.4, 0.5) is 10.1 Å². The molecule has 132 valence electrons. The van der Waals surface area contributed by atoms with Crippen LogP contribution in [0, 0.1) is 19.7 Å². The van der Waals surface area contributed by atoms with E-state index in [1.165, 1.54) is 31.4 Å². The first-order valence-electron chi connectivity index (χ1n) is 7.76. The molecule has 0 saturated heterocycles. The average molecular weight is 354 g/mol. The molecule has 3 rings (SSSR count). The predicted molar refractivity (Wildman–Crippen MR) is 91.8 cm³/mol. The van der Waals surface area contributed by atoms with Gasteiger partial charge in [0.25, 0.3) is 0 Å². The summed E-state index contributed by atoms with van der Waals surface area (Å²) in [6.07, 6.45) is 1.12. The predicted octanol–water partition coefficient (Wildman–Crippen LogP) is 3.00. The van der Waals surface area contributed by atoms with Crippen molar-refractivity contribution in [3.05, 3.63) is 69.9 Å². The van der Waals surface area contributed by atoms with E-state index in [-0.39, 0.29) is 22.4 Å². The molecule has 0 unspecified atom stereocenters. The summed E-state index contributed by atoms with van der Waals surface area (Å²) in [6, 6.07) is 5.36. The summed E-state index contributed by atoms with van der Waals surface area (Å²) in [5.41, 5.74) is 1.19. The number of carbonyl (C=O) groups is 3. The second kappa shape index (κ2) is 6.51. The lowest BCUT2D eigenvalue weighted by Gasteiger charge is -2.21. The molecule has 26 heavy (non-hydrogen) atoms. The van der Waals surface area contributed by atoms with Crippen LogP contribution >= 0.6 is 0 Å². The van der Waals surface area contributed by atoms with Crippen LogP contribution in [0.5, 0.6) is 0 Å². The molecule has 1 aliphatic carbocycles. The van der Waals surface area contributed by atoms with E-state index in [4.69, 9.17) is 4.74 Å². The molecule has 0 radical (unpaired) electrons. The van der Waals surface area contributed by atoms with Crippen molar-refractivity contribution in [2.24, 2.45) is 0 Å². The molecule has 0 spiro atoms. The Morgan fingerprint density at radius 3 is 2.35 bits per heavy atom. The van der Waals surface area contributed by atoms with Crippen LogP contribution in [0.1, 0.15) is 42.5 Å². The van der Waals surface area contributed by atoms with Gasteiger partial charge in [-0.05, 0) is 38.1 Å². The Hall–Kier alpha value is -3.35. The Bertz CT molecular complexity index is 978. The number of carbonyl (C=O) groups excluding carboxylic acids is 3. The number of Topliss-reactive ketones (excluding diaryl/α,β-unsaturated/α-hetero) is 1. The molecular formula is C19H15FN2O4. The molecule has 7 heteroatoms. The molecule has 1 aliphatic rings. The fraction of sp³-hybridized carbons (Fsp3) is 0.158. The van der Waals surface area contributed by atoms with E-state index in [1.807, 2.05) is 0 Å². The number of hydrogen-bond acceptors (Lipinski definition) is 6. The molecule has 1 aromatic carbocycles. The first-order chi connectivity index (χ1) is 12.3. The van der Waals surface area contributed by atoms with E-state index in [9.17, 15) is 18.8 Å². The van der Waals surface area contributed by atoms with Gasteiger partial charge in [0.1, 0.15) is 5.82 Å². The molecule has 1 N–H and O–H groups in total. The number of nitrogens with one attached hydrogen (secondary N) is 1. The van der Waals surface area contributed by atoms with E-state index >= 15 is 0 Å². The molecule has 0 bridgehead atoms. The van der Waals surface area contributed by atoms with Crippen molar-refractivity contribution in [2.75, 3.05) is 12.4 Å². The number of ether oxygens (including phenoxy) is 1. The summed E-state index contributed by atoms with van der Waals surface area (Å²) in [4.78, 5) is 41.8. The highest BCUT2D eigenvalue weighted by molar-refractivity contribution is 6.28. The third-order valence-electron chi connectivity index (χ3n) is 4.07. The standard InChI is InChI=1S/C19H15FN2O4/c1-9-15-17(16(10(2)21-9)19(25)26-3)14(23)8-13(18(15)24)22-12-6-4-11(20)5-7-12/h4-8,22H,1-3H3. The Morgan fingerprint density at radius 1 is 1.08 bits per heavy atom. The van der Waals surface area contributed by atoms with E-state index in [1.54, 1.807) is 13.8 Å². The minimum atomic E-state index is -0.726. The highest BCUT2D eigenvalue weighted by atomic mass is 19.1. The number of aromatic nitrogens is 1. The van der Waals surface area contributed by atoms with Crippen LogP contribution in [-0.4, -0.2) is 29.6 Å². The highest BCUT2D eigenvalue weighted by Gasteiger charge is 2.34. The number of benzene rings is 1. The molecular weight excluding hydrogens is 339 g/mol. The summed E-state index contributed by atoms with van der Waals surface area (Å²) in [7, 11) is 1.19. The topological polar surface area (TPSA) is 85.4 Å². The minimum absolute atomic E-state index is 0.00324. The lowest BCUT2D eigenvalue weighted by atomic mass is 9.87. The zero-order valence-corrected chi connectivity index (χ0v) is 14.3. The maximum absolute atomic E-state index is 13.0. The molecule has 0 aliphatic heterocycles. The quantitative estimate of drug-likeness (QED) is 0.853. The molecule has 6 nitrogen and oxygen atoms in total. The van der Waals surface area contributed by atoms with Crippen molar-refractivity contribution < 1.29 is 23.5 Å². The van der Waals surface area contributed by atoms with Gasteiger partial charge in [-0.15, -0.1) is 0 Å². The summed E-state index contributed by atoms with van der Waals surface area (Å²) in [5.74, 6) is -2.12. The number of rotatable bonds is 3. The number of halogens is 1. The van der Waals surface area contributed by atoms with Crippen molar-refractivity contribution in [1.29, 1.82) is 0 Å². The summed E-state index contributed by atoms with van der Waals surface area (Å²) in [6.45, 7) is 3.17. The Balaban J connectivity index is 2.10. The van der Waals surface area contributed by atoms with Gasteiger partial charge < -0.3 is 10.1 Å². The van der Waals surface area contributed by atoms with Crippen LogP contribution in [0.3, 0.4) is 0 Å². The second-order valence-electron chi connectivity index (χ2n) is 5.78. The summed E-state index contributed by atoms with van der Waals surface area (Å²) >= 11 is 0. The van der Waals surface area contributed by atoms with Crippen molar-refractivity contribution in [3.8, 4) is 0 Å². The summed E-state index contributed by atoms with van der Waals surface area (Å²) < 4.78 is 17.8. The zero-order chi connectivity index (χ0) is 19.0. The molecule has 0 saturated carbocycles. The maximum atomic E-state index is 13.0. The number of anilines is 1. The van der Waals surface area contributed by atoms with Gasteiger partial charge in [-0.3, -0.25) is 14.6 Å². The molecule has 0 amide bonds. The van der Waals surface area contributed by atoms with E-state index in [2.05, 4.69) is 10.3 Å². The van der Waals surface area contributed by atoms with Crippen molar-refractivity contribution in [2.45, 2.75) is 13.8 Å². The number of methoxy groups -OCH3 is 1. The number of pyridine rings is 1. The third-order valence-corrected chi connectivity index (χ3v) is 4.07. The van der Waals surface area contributed by atoms with Gasteiger partial charge in [0.05, 0.1) is 35.2 Å². The van der Waals surface area contributed by atoms with Gasteiger partial charge in [0.2, 0.25) is 5.78 Å². The number of hydrogen-bond donors (Lipinski definition) is 1. The Labute approximate surface area is 148 Å². The van der Waals surface area contributed by atoms with Crippen LogP contribution in [-0.2, 0) is 4.74 Å². The van der Waals surface area contributed by atoms with E-state index in [0.717, 1.165) is 6.08 Å². The van der Waals surface area contributed by atoms with E-state index in [0.29, 0.717) is 17.1 Å². The zero-order valence-electron chi connectivity index (χ0n) is 14.3. The van der Waals surface area contributed by atoms with Gasteiger partial charge >= 0.3 is 5.97 Å². The summed E-state index contributed by atoms with van der Waals surface area (Å²) in [5, 5.41) is 2.81. The first-order valence-corrected chi connectivity index (χ1v) is 7.76. The monoisotopic (exact) mass is 354 g/mol. The third kappa shape index (κ3) is 2.88. The highest BCUT2D eigenvalue weighted by Crippen LogP contribution is 2.29. The number of fused-ring (bicyclic) bond motifs is 1. The number of aryl methyl sites for hydroxylation is 2. The minimum Gasteiger partial charge on any atom is -0.465 e. The molecule has 0 atom stereocenters. The largest absolute Gasteiger partial charge is 0.465 e. The van der Waals surface area contributed by atoms with Gasteiger partial charge in [-0.1, -0.05) is 0 Å². The van der Waals surface area contributed by atoms with Crippen LogP contribution in [0.2, 0.25) is 0 Å². The van der Waals surface area contributed by atoms with Gasteiger partial charge in [-0.2, -0.15) is 0 Å². The van der Waals surface area contributed by atoms with Gasteiger partial charge in [-0.25, -0.2) is 9.18 Å². The van der Waals surface area contributed by atoms with E-state index < -0.39 is 23.4 Å². The fourth-order valence-electron chi connectivity index (χ4n) is 2.91. The molecule has 0 fully saturated rings. The first kappa shape index (κ1) is 17.5. The molecule has 1 heterocycles. The average Bonchev–Trinajstić information content (AvgIpc) is 2.60. The smallest absolute Gasteiger partial charge is 0.340 e. The van der Waals surface area contributed by atoms with Crippen LogP contribution < -0.4 is 5.32 Å². The van der Waals surface area contributed by atoms with Crippen molar-refractivity contribution in [1.82, 2.24) is 4.98 Å². The van der Waals surface area contributed by atoms with Crippen LogP contribution in [0.15, 0.2) is 36.0 Å².